The monoisotopic (exact) mass is 429 g/mol. The third-order valence-corrected chi connectivity index (χ3v) is 5.60. The summed E-state index contributed by atoms with van der Waals surface area (Å²) in [4.78, 5) is 30.5. The summed E-state index contributed by atoms with van der Waals surface area (Å²) >= 11 is 0. The van der Waals surface area contributed by atoms with E-state index >= 15 is 0 Å². The SMILES string of the molecule is CN1C(=O)[C@@H](NC(=O)c2cc3cccc(-c4cccc(F)c4)c3[nH]2)COc2ccccc21. The molecule has 2 N–H and O–H groups in total. The number of halogens is 1. The van der Waals surface area contributed by atoms with Crippen molar-refractivity contribution in [1.29, 1.82) is 0 Å². The van der Waals surface area contributed by atoms with E-state index in [0.717, 1.165) is 16.5 Å². The number of anilines is 1. The minimum absolute atomic E-state index is 0.0285. The fourth-order valence-corrected chi connectivity index (χ4v) is 3.97. The van der Waals surface area contributed by atoms with E-state index in [-0.39, 0.29) is 18.3 Å². The molecule has 1 aliphatic heterocycles. The Balaban J connectivity index is 1.42. The number of ether oxygens (including phenoxy) is 1. The molecule has 0 bridgehead atoms. The normalized spacial score (nSPS) is 15.8. The first-order chi connectivity index (χ1) is 15.5. The zero-order valence-electron chi connectivity index (χ0n) is 17.3. The highest BCUT2D eigenvalue weighted by molar-refractivity contribution is 6.05. The quantitative estimate of drug-likeness (QED) is 0.514. The van der Waals surface area contributed by atoms with E-state index in [1.165, 1.54) is 17.0 Å². The van der Waals surface area contributed by atoms with Crippen LogP contribution < -0.4 is 15.0 Å². The van der Waals surface area contributed by atoms with Crippen molar-refractivity contribution in [2.75, 3.05) is 18.6 Å². The molecule has 0 fully saturated rings. The summed E-state index contributed by atoms with van der Waals surface area (Å²) in [5.41, 5.74) is 3.16. The number of amides is 2. The van der Waals surface area contributed by atoms with Gasteiger partial charge in [-0.25, -0.2) is 4.39 Å². The first-order valence-electron chi connectivity index (χ1n) is 10.2. The number of benzene rings is 3. The van der Waals surface area contributed by atoms with E-state index < -0.39 is 11.9 Å². The molecule has 6 nitrogen and oxygen atoms in total. The van der Waals surface area contributed by atoms with Crippen LogP contribution in [0.25, 0.3) is 22.0 Å². The van der Waals surface area contributed by atoms with Crippen LogP contribution in [0.1, 0.15) is 10.5 Å². The number of nitrogens with zero attached hydrogens (tertiary/aromatic N) is 1. The molecule has 0 saturated heterocycles. The van der Waals surface area contributed by atoms with Crippen LogP contribution in [0.15, 0.2) is 72.8 Å². The molecule has 0 unspecified atom stereocenters. The number of aromatic nitrogens is 1. The van der Waals surface area contributed by atoms with E-state index in [1.54, 1.807) is 31.3 Å². The third-order valence-electron chi connectivity index (χ3n) is 5.60. The minimum atomic E-state index is -0.839. The molecule has 160 valence electrons. The Hall–Kier alpha value is -4.13. The summed E-state index contributed by atoms with van der Waals surface area (Å²) in [5.74, 6) is -0.431. The van der Waals surface area contributed by atoms with Gasteiger partial charge in [0, 0.05) is 18.0 Å². The Morgan fingerprint density at radius 1 is 1.09 bits per heavy atom. The molecule has 0 spiro atoms. The fourth-order valence-electron chi connectivity index (χ4n) is 3.97. The van der Waals surface area contributed by atoms with Gasteiger partial charge in [0.2, 0.25) is 0 Å². The maximum atomic E-state index is 13.7. The lowest BCUT2D eigenvalue weighted by molar-refractivity contribution is -0.120. The number of hydrogen-bond acceptors (Lipinski definition) is 3. The minimum Gasteiger partial charge on any atom is -0.489 e. The lowest BCUT2D eigenvalue weighted by atomic mass is 10.0. The van der Waals surface area contributed by atoms with Gasteiger partial charge in [-0.3, -0.25) is 9.59 Å². The van der Waals surface area contributed by atoms with Crippen molar-refractivity contribution in [2.24, 2.45) is 0 Å². The molecular formula is C25H20FN3O3. The van der Waals surface area contributed by atoms with Gasteiger partial charge in [0.1, 0.15) is 29.9 Å². The second kappa shape index (κ2) is 7.85. The number of likely N-dealkylation sites (N-methyl/N-ethyl adjacent to an activating group) is 1. The highest BCUT2D eigenvalue weighted by atomic mass is 19.1. The molecule has 0 aliphatic carbocycles. The standard InChI is InChI=1S/C25H20FN3O3/c1-29-21-10-2-3-11-22(21)32-14-20(25(29)31)28-24(30)19-13-16-7-5-9-18(23(16)27-19)15-6-4-8-17(26)12-15/h2-13,20,27H,14H2,1H3,(H,28,30)/t20-/m0/s1. The van der Waals surface area contributed by atoms with Gasteiger partial charge in [-0.1, -0.05) is 42.5 Å². The van der Waals surface area contributed by atoms with Gasteiger partial charge in [0.25, 0.3) is 11.8 Å². The molecule has 0 saturated carbocycles. The van der Waals surface area contributed by atoms with Crippen LogP contribution in [0.2, 0.25) is 0 Å². The first kappa shape index (κ1) is 19.8. The van der Waals surface area contributed by atoms with Crippen molar-refractivity contribution < 1.29 is 18.7 Å². The second-order valence-electron chi connectivity index (χ2n) is 7.67. The highest BCUT2D eigenvalue weighted by Gasteiger charge is 2.31. The number of H-pyrrole nitrogens is 1. The maximum absolute atomic E-state index is 13.7. The smallest absolute Gasteiger partial charge is 0.268 e. The van der Waals surface area contributed by atoms with Crippen molar-refractivity contribution in [3.05, 3.63) is 84.3 Å². The average molecular weight is 429 g/mol. The van der Waals surface area contributed by atoms with Gasteiger partial charge in [-0.05, 0) is 35.9 Å². The van der Waals surface area contributed by atoms with Crippen LogP contribution in [-0.4, -0.2) is 36.5 Å². The number of carbonyl (C=O) groups excluding carboxylic acids is 2. The van der Waals surface area contributed by atoms with Crippen LogP contribution in [0.4, 0.5) is 10.1 Å². The van der Waals surface area contributed by atoms with E-state index in [4.69, 9.17) is 4.74 Å². The highest BCUT2D eigenvalue weighted by Crippen LogP contribution is 2.31. The summed E-state index contributed by atoms with van der Waals surface area (Å²) in [6.07, 6.45) is 0. The Kier molecular flexibility index (Phi) is 4.86. The van der Waals surface area contributed by atoms with Crippen LogP contribution in [0.3, 0.4) is 0 Å². The summed E-state index contributed by atoms with van der Waals surface area (Å²) < 4.78 is 19.5. The van der Waals surface area contributed by atoms with Crippen LogP contribution in [0, 0.1) is 5.82 Å². The topological polar surface area (TPSA) is 74.4 Å². The zero-order valence-corrected chi connectivity index (χ0v) is 17.3. The summed E-state index contributed by atoms with van der Waals surface area (Å²) in [7, 11) is 1.66. The maximum Gasteiger partial charge on any atom is 0.268 e. The summed E-state index contributed by atoms with van der Waals surface area (Å²) in [6, 6.07) is 20.0. The lowest BCUT2D eigenvalue weighted by Gasteiger charge is -2.20. The first-order valence-corrected chi connectivity index (χ1v) is 10.2. The zero-order chi connectivity index (χ0) is 22.2. The Bertz CT molecular complexity index is 1350. The molecule has 1 aliphatic rings. The van der Waals surface area contributed by atoms with Crippen molar-refractivity contribution >= 4 is 28.4 Å². The van der Waals surface area contributed by atoms with Crippen molar-refractivity contribution in [3.63, 3.8) is 0 Å². The van der Waals surface area contributed by atoms with Crippen molar-refractivity contribution in [1.82, 2.24) is 10.3 Å². The fraction of sp³-hybridized carbons (Fsp3) is 0.120. The van der Waals surface area contributed by atoms with E-state index in [2.05, 4.69) is 10.3 Å². The molecule has 0 radical (unpaired) electrons. The summed E-state index contributed by atoms with van der Waals surface area (Å²) in [5, 5.41) is 3.58. The van der Waals surface area contributed by atoms with Gasteiger partial charge < -0.3 is 19.9 Å². The molecule has 7 heteroatoms. The van der Waals surface area contributed by atoms with Gasteiger partial charge in [0.05, 0.1) is 11.2 Å². The lowest BCUT2D eigenvalue weighted by Crippen LogP contribution is -2.49. The van der Waals surface area contributed by atoms with Gasteiger partial charge >= 0.3 is 0 Å². The number of para-hydroxylation sites is 3. The number of nitrogens with one attached hydrogen (secondary N) is 2. The van der Waals surface area contributed by atoms with Gasteiger partial charge in [-0.2, -0.15) is 0 Å². The van der Waals surface area contributed by atoms with E-state index in [9.17, 15) is 14.0 Å². The predicted molar refractivity (Wildman–Crippen MR) is 120 cm³/mol. The van der Waals surface area contributed by atoms with Crippen molar-refractivity contribution in [3.8, 4) is 16.9 Å². The molecule has 2 amide bonds. The van der Waals surface area contributed by atoms with Gasteiger partial charge in [0.15, 0.2) is 0 Å². The Morgan fingerprint density at radius 3 is 2.75 bits per heavy atom. The Labute approximate surface area is 183 Å². The largest absolute Gasteiger partial charge is 0.489 e. The summed E-state index contributed by atoms with van der Waals surface area (Å²) in [6.45, 7) is 0.0285. The molecule has 4 aromatic rings. The molecule has 1 aromatic heterocycles. The van der Waals surface area contributed by atoms with E-state index in [0.29, 0.717) is 22.7 Å². The number of carbonyl (C=O) groups is 2. The third kappa shape index (κ3) is 3.47. The van der Waals surface area contributed by atoms with Crippen molar-refractivity contribution in [2.45, 2.75) is 6.04 Å². The number of rotatable bonds is 3. The molecule has 3 aromatic carbocycles. The van der Waals surface area contributed by atoms with E-state index in [1.807, 2.05) is 36.4 Å². The number of fused-ring (bicyclic) bond motifs is 2. The molecule has 2 heterocycles. The molecule has 1 atom stereocenters. The van der Waals surface area contributed by atoms with Gasteiger partial charge in [-0.15, -0.1) is 0 Å². The van der Waals surface area contributed by atoms with Crippen LogP contribution >= 0.6 is 0 Å². The number of aromatic amines is 1. The molecular weight excluding hydrogens is 409 g/mol. The van der Waals surface area contributed by atoms with Crippen LogP contribution in [-0.2, 0) is 4.79 Å². The Morgan fingerprint density at radius 2 is 1.91 bits per heavy atom. The second-order valence-corrected chi connectivity index (χ2v) is 7.67. The molecule has 32 heavy (non-hydrogen) atoms. The molecule has 5 rings (SSSR count). The average Bonchev–Trinajstić information content (AvgIpc) is 3.21. The van der Waals surface area contributed by atoms with Crippen LogP contribution in [0.5, 0.6) is 5.75 Å². The predicted octanol–water partition coefficient (Wildman–Crippen LogP) is 4.13. The number of hydrogen-bond donors (Lipinski definition) is 2.